The number of nitrogens with one attached hydrogen (secondary N) is 2. The van der Waals surface area contributed by atoms with Gasteiger partial charge in [0.2, 0.25) is 5.95 Å². The fourth-order valence-corrected chi connectivity index (χ4v) is 2.93. The Hall–Kier alpha value is -2.25. The van der Waals surface area contributed by atoms with Crippen molar-refractivity contribution in [3.05, 3.63) is 40.5 Å². The van der Waals surface area contributed by atoms with Gasteiger partial charge in [0.15, 0.2) is 0 Å². The van der Waals surface area contributed by atoms with Crippen LogP contribution in [0.15, 0.2) is 24.3 Å². The average Bonchev–Trinajstić information content (AvgIpc) is 2.82. The third kappa shape index (κ3) is 2.65. The van der Waals surface area contributed by atoms with Gasteiger partial charge in [-0.3, -0.25) is 5.43 Å². The van der Waals surface area contributed by atoms with Crippen molar-refractivity contribution < 1.29 is 4.39 Å². The number of thiophene rings is 1. The molecule has 0 radical (unpaired) electrons. The van der Waals surface area contributed by atoms with E-state index < -0.39 is 0 Å². The quantitative estimate of drug-likeness (QED) is 0.510. The first kappa shape index (κ1) is 13.7. The first-order valence-corrected chi connectivity index (χ1v) is 7.16. The van der Waals surface area contributed by atoms with Crippen molar-refractivity contribution in [1.29, 1.82) is 0 Å². The first-order chi connectivity index (χ1) is 10.1. The molecule has 3 rings (SSSR count). The molecule has 0 spiro atoms. The minimum Gasteiger partial charge on any atom is -0.337 e. The molecule has 0 saturated carbocycles. The molecule has 0 unspecified atom stereocenters. The number of aryl methyl sites for hydroxylation is 2. The lowest BCUT2D eigenvalue weighted by molar-refractivity contribution is 0.630. The summed E-state index contributed by atoms with van der Waals surface area (Å²) in [6.07, 6.45) is 0. The minimum absolute atomic E-state index is 0.291. The van der Waals surface area contributed by atoms with Gasteiger partial charge < -0.3 is 5.32 Å². The summed E-state index contributed by atoms with van der Waals surface area (Å²) in [4.78, 5) is 10.5. The number of aromatic nitrogens is 2. The van der Waals surface area contributed by atoms with Gasteiger partial charge in [-0.2, -0.15) is 4.98 Å². The number of rotatable bonds is 3. The summed E-state index contributed by atoms with van der Waals surface area (Å²) in [6, 6.07) is 6.97. The third-order valence-electron chi connectivity index (χ3n) is 3.02. The number of halogens is 1. The van der Waals surface area contributed by atoms with Crippen LogP contribution in [0.3, 0.4) is 0 Å². The Labute approximate surface area is 125 Å². The zero-order valence-corrected chi connectivity index (χ0v) is 12.4. The van der Waals surface area contributed by atoms with Gasteiger partial charge in [-0.25, -0.2) is 15.2 Å². The second kappa shape index (κ2) is 5.27. The maximum atomic E-state index is 14.0. The van der Waals surface area contributed by atoms with Gasteiger partial charge in [0.25, 0.3) is 0 Å². The van der Waals surface area contributed by atoms with E-state index >= 15 is 0 Å². The molecule has 7 heteroatoms. The number of hydrogen-bond acceptors (Lipinski definition) is 6. The average molecular weight is 303 g/mol. The Kier molecular flexibility index (Phi) is 3.44. The fourth-order valence-electron chi connectivity index (χ4n) is 2.05. The zero-order chi connectivity index (χ0) is 15.0. The molecule has 21 heavy (non-hydrogen) atoms. The molecule has 0 saturated heterocycles. The summed E-state index contributed by atoms with van der Waals surface area (Å²) in [6.45, 7) is 3.83. The van der Waals surface area contributed by atoms with Crippen LogP contribution in [0, 0.1) is 19.7 Å². The molecule has 0 fully saturated rings. The van der Waals surface area contributed by atoms with Gasteiger partial charge in [0.1, 0.15) is 16.5 Å². The van der Waals surface area contributed by atoms with Gasteiger partial charge in [-0.05, 0) is 37.6 Å². The topological polar surface area (TPSA) is 75.9 Å². The molecule has 2 aromatic heterocycles. The van der Waals surface area contributed by atoms with Crippen LogP contribution >= 0.6 is 11.3 Å². The van der Waals surface area contributed by atoms with Gasteiger partial charge in [-0.1, -0.05) is 6.07 Å². The van der Waals surface area contributed by atoms with Gasteiger partial charge >= 0.3 is 0 Å². The molecule has 2 heterocycles. The van der Waals surface area contributed by atoms with Crippen molar-refractivity contribution in [2.45, 2.75) is 13.8 Å². The monoisotopic (exact) mass is 303 g/mol. The van der Waals surface area contributed by atoms with Crippen molar-refractivity contribution in [2.75, 3.05) is 10.7 Å². The number of fused-ring (bicyclic) bond motifs is 1. The summed E-state index contributed by atoms with van der Waals surface area (Å²) in [7, 11) is 0. The molecule has 5 nitrogen and oxygen atoms in total. The highest BCUT2D eigenvalue weighted by molar-refractivity contribution is 7.18. The predicted molar refractivity (Wildman–Crippen MR) is 84.4 cm³/mol. The molecular formula is C14H14FN5S. The van der Waals surface area contributed by atoms with E-state index in [0.717, 1.165) is 20.7 Å². The molecule has 0 aliphatic carbocycles. The van der Waals surface area contributed by atoms with E-state index in [4.69, 9.17) is 5.84 Å². The Morgan fingerprint density at radius 1 is 1.19 bits per heavy atom. The van der Waals surface area contributed by atoms with Crippen LogP contribution in [-0.4, -0.2) is 9.97 Å². The molecule has 108 valence electrons. The number of hydrogen-bond donors (Lipinski definition) is 3. The molecule has 0 atom stereocenters. The summed E-state index contributed by atoms with van der Waals surface area (Å²) in [5.74, 6) is 5.88. The minimum atomic E-state index is -0.323. The van der Waals surface area contributed by atoms with Crippen LogP contribution in [0.4, 0.5) is 21.8 Å². The van der Waals surface area contributed by atoms with E-state index in [-0.39, 0.29) is 5.82 Å². The summed E-state index contributed by atoms with van der Waals surface area (Å²) in [5.41, 5.74) is 3.66. The van der Waals surface area contributed by atoms with Crippen molar-refractivity contribution in [3.8, 4) is 0 Å². The van der Waals surface area contributed by atoms with Crippen molar-refractivity contribution >= 4 is 39.0 Å². The van der Waals surface area contributed by atoms with Crippen LogP contribution in [0.2, 0.25) is 0 Å². The number of nitrogen functional groups attached to an aromatic ring is 1. The Balaban J connectivity index is 2.10. The van der Waals surface area contributed by atoms with Crippen molar-refractivity contribution in [1.82, 2.24) is 9.97 Å². The summed E-state index contributed by atoms with van der Waals surface area (Å²) < 4.78 is 14.0. The molecule has 3 aromatic rings. The molecule has 0 aliphatic heterocycles. The van der Waals surface area contributed by atoms with E-state index in [2.05, 4.69) is 20.7 Å². The number of anilines is 3. The van der Waals surface area contributed by atoms with E-state index in [0.29, 0.717) is 17.5 Å². The predicted octanol–water partition coefficient (Wildman–Crippen LogP) is 3.48. The Morgan fingerprint density at radius 3 is 2.71 bits per heavy atom. The van der Waals surface area contributed by atoms with E-state index in [1.165, 1.54) is 17.4 Å². The Morgan fingerprint density at radius 2 is 2.00 bits per heavy atom. The number of nitrogens with zero attached hydrogens (tertiary/aromatic N) is 2. The van der Waals surface area contributed by atoms with Crippen LogP contribution in [0.5, 0.6) is 0 Å². The third-order valence-corrected chi connectivity index (χ3v) is 3.97. The molecular weight excluding hydrogens is 289 g/mol. The fraction of sp³-hybridized carbons (Fsp3) is 0.143. The maximum absolute atomic E-state index is 14.0. The normalized spacial score (nSPS) is 10.9. The van der Waals surface area contributed by atoms with E-state index in [1.807, 2.05) is 26.0 Å². The number of hydrazine groups is 1. The van der Waals surface area contributed by atoms with Gasteiger partial charge in [-0.15, -0.1) is 11.3 Å². The van der Waals surface area contributed by atoms with Gasteiger partial charge in [0.05, 0.1) is 11.1 Å². The second-order valence-electron chi connectivity index (χ2n) is 4.72. The maximum Gasteiger partial charge on any atom is 0.240 e. The lowest BCUT2D eigenvalue weighted by atomic mass is 10.2. The van der Waals surface area contributed by atoms with Crippen LogP contribution in [-0.2, 0) is 0 Å². The second-order valence-corrected chi connectivity index (χ2v) is 5.96. The molecule has 4 N–H and O–H groups in total. The lowest BCUT2D eigenvalue weighted by Gasteiger charge is -2.09. The van der Waals surface area contributed by atoms with E-state index in [9.17, 15) is 4.39 Å². The summed E-state index contributed by atoms with van der Waals surface area (Å²) in [5, 5.41) is 3.86. The standard InChI is InChI=1S/C14H14FN5S/c1-7-3-4-11(10(15)5-7)17-12-9-6-8(2)21-13(9)19-14(18-12)20-16/h3-6H,16H2,1-2H3,(H2,17,18,19,20). The highest BCUT2D eigenvalue weighted by Gasteiger charge is 2.12. The van der Waals surface area contributed by atoms with E-state index in [1.54, 1.807) is 6.07 Å². The molecule has 0 aliphatic rings. The van der Waals surface area contributed by atoms with Gasteiger partial charge in [0, 0.05) is 4.88 Å². The number of nitrogens with two attached hydrogens (primary N) is 1. The largest absolute Gasteiger partial charge is 0.337 e. The molecule has 1 aromatic carbocycles. The molecule has 0 amide bonds. The lowest BCUT2D eigenvalue weighted by Crippen LogP contribution is -2.11. The first-order valence-electron chi connectivity index (χ1n) is 6.35. The number of benzene rings is 1. The highest BCUT2D eigenvalue weighted by Crippen LogP contribution is 2.31. The van der Waals surface area contributed by atoms with Crippen LogP contribution in [0.1, 0.15) is 10.4 Å². The zero-order valence-electron chi connectivity index (χ0n) is 11.6. The van der Waals surface area contributed by atoms with Crippen LogP contribution < -0.4 is 16.6 Å². The summed E-state index contributed by atoms with van der Waals surface area (Å²) >= 11 is 1.53. The van der Waals surface area contributed by atoms with Crippen molar-refractivity contribution in [3.63, 3.8) is 0 Å². The Bertz CT molecular complexity index is 814. The molecule has 0 bridgehead atoms. The smallest absolute Gasteiger partial charge is 0.240 e. The highest BCUT2D eigenvalue weighted by atomic mass is 32.1. The SMILES string of the molecule is Cc1ccc(Nc2nc(NN)nc3sc(C)cc23)c(F)c1. The van der Waals surface area contributed by atoms with Crippen molar-refractivity contribution in [2.24, 2.45) is 5.84 Å². The van der Waals surface area contributed by atoms with Crippen LogP contribution in [0.25, 0.3) is 10.2 Å².